The lowest BCUT2D eigenvalue weighted by Gasteiger charge is -2.09. The molecule has 23 heavy (non-hydrogen) atoms. The van der Waals surface area contributed by atoms with Crippen molar-refractivity contribution < 1.29 is 14.3 Å². The first-order valence-corrected chi connectivity index (χ1v) is 7.12. The summed E-state index contributed by atoms with van der Waals surface area (Å²) < 4.78 is 5.11. The normalized spacial score (nSPS) is 9.83. The molecule has 2 aromatic carbocycles. The number of ether oxygens (including phenoxy) is 1. The fourth-order valence-corrected chi connectivity index (χ4v) is 1.96. The first-order chi connectivity index (χ1) is 11.1. The average Bonchev–Trinajstić information content (AvgIpc) is 2.54. The molecule has 0 fully saturated rings. The van der Waals surface area contributed by atoms with Gasteiger partial charge in [0.2, 0.25) is 11.8 Å². The minimum atomic E-state index is -0.163. The van der Waals surface area contributed by atoms with Crippen molar-refractivity contribution in [2.45, 2.75) is 6.92 Å². The second-order valence-electron chi connectivity index (χ2n) is 4.89. The van der Waals surface area contributed by atoms with E-state index < -0.39 is 0 Å². The van der Waals surface area contributed by atoms with Crippen LogP contribution in [0.4, 0.5) is 17.1 Å². The molecule has 0 saturated carbocycles. The van der Waals surface area contributed by atoms with Crippen LogP contribution in [0.5, 0.6) is 5.75 Å². The topological polar surface area (TPSA) is 79.5 Å². The van der Waals surface area contributed by atoms with Crippen LogP contribution in [0.25, 0.3) is 0 Å². The van der Waals surface area contributed by atoms with E-state index in [-0.39, 0.29) is 18.4 Å². The third-order valence-electron chi connectivity index (χ3n) is 3.01. The van der Waals surface area contributed by atoms with Gasteiger partial charge in [0.05, 0.1) is 13.7 Å². The number of carbonyl (C=O) groups is 2. The zero-order valence-corrected chi connectivity index (χ0v) is 13.1. The lowest BCUT2D eigenvalue weighted by molar-refractivity contribution is -0.115. The molecule has 0 aliphatic carbocycles. The van der Waals surface area contributed by atoms with Gasteiger partial charge in [0.25, 0.3) is 0 Å². The lowest BCUT2D eigenvalue weighted by atomic mass is 10.2. The number of hydrogen-bond acceptors (Lipinski definition) is 4. The molecule has 0 aromatic heterocycles. The quantitative estimate of drug-likeness (QED) is 0.766. The number of amides is 2. The molecule has 2 amide bonds. The van der Waals surface area contributed by atoms with E-state index in [1.807, 2.05) is 12.1 Å². The summed E-state index contributed by atoms with van der Waals surface area (Å²) >= 11 is 0. The molecule has 3 N–H and O–H groups in total. The van der Waals surface area contributed by atoms with Gasteiger partial charge in [-0.25, -0.2) is 0 Å². The van der Waals surface area contributed by atoms with Crippen molar-refractivity contribution in [1.29, 1.82) is 0 Å². The van der Waals surface area contributed by atoms with Crippen LogP contribution in [0.2, 0.25) is 0 Å². The Kier molecular flexibility index (Phi) is 5.57. The zero-order valence-electron chi connectivity index (χ0n) is 13.1. The molecule has 0 heterocycles. The van der Waals surface area contributed by atoms with E-state index in [0.717, 1.165) is 5.69 Å². The molecule has 0 aliphatic rings. The Labute approximate surface area is 134 Å². The minimum absolute atomic E-state index is 0.122. The molecule has 2 rings (SSSR count). The summed E-state index contributed by atoms with van der Waals surface area (Å²) in [5.74, 6) is 0.400. The van der Waals surface area contributed by atoms with Crippen molar-refractivity contribution >= 4 is 28.9 Å². The minimum Gasteiger partial charge on any atom is -0.497 e. The number of methoxy groups -OCH3 is 1. The van der Waals surface area contributed by atoms with Crippen molar-refractivity contribution in [3.63, 3.8) is 0 Å². The summed E-state index contributed by atoms with van der Waals surface area (Å²) in [6.45, 7) is 1.59. The monoisotopic (exact) mass is 313 g/mol. The van der Waals surface area contributed by atoms with Crippen molar-refractivity contribution in [1.82, 2.24) is 0 Å². The first kappa shape index (κ1) is 16.4. The zero-order chi connectivity index (χ0) is 16.7. The van der Waals surface area contributed by atoms with Crippen molar-refractivity contribution in [3.8, 4) is 5.75 Å². The van der Waals surface area contributed by atoms with Gasteiger partial charge in [0, 0.05) is 30.1 Å². The third kappa shape index (κ3) is 5.35. The van der Waals surface area contributed by atoms with Gasteiger partial charge in [-0.1, -0.05) is 6.07 Å². The number of rotatable bonds is 6. The molecule has 0 spiro atoms. The van der Waals surface area contributed by atoms with Gasteiger partial charge < -0.3 is 20.7 Å². The maximum Gasteiger partial charge on any atom is 0.243 e. The Balaban J connectivity index is 1.85. The van der Waals surface area contributed by atoms with Gasteiger partial charge >= 0.3 is 0 Å². The Morgan fingerprint density at radius 2 is 1.65 bits per heavy atom. The Morgan fingerprint density at radius 1 is 0.957 bits per heavy atom. The van der Waals surface area contributed by atoms with E-state index in [9.17, 15) is 9.59 Å². The van der Waals surface area contributed by atoms with Crippen LogP contribution in [0.15, 0.2) is 48.5 Å². The van der Waals surface area contributed by atoms with Gasteiger partial charge in [-0.3, -0.25) is 9.59 Å². The van der Waals surface area contributed by atoms with Gasteiger partial charge in [0.1, 0.15) is 5.75 Å². The Morgan fingerprint density at radius 3 is 2.30 bits per heavy atom. The largest absolute Gasteiger partial charge is 0.497 e. The van der Waals surface area contributed by atoms with Crippen LogP contribution in [0.1, 0.15) is 6.92 Å². The predicted octanol–water partition coefficient (Wildman–Crippen LogP) is 2.70. The van der Waals surface area contributed by atoms with Crippen LogP contribution >= 0.6 is 0 Å². The number of nitrogens with one attached hydrogen (secondary N) is 3. The van der Waals surface area contributed by atoms with Crippen LogP contribution in [0.3, 0.4) is 0 Å². The third-order valence-corrected chi connectivity index (χ3v) is 3.01. The second kappa shape index (κ2) is 7.84. The second-order valence-corrected chi connectivity index (χ2v) is 4.89. The van der Waals surface area contributed by atoms with E-state index in [2.05, 4.69) is 16.0 Å². The summed E-state index contributed by atoms with van der Waals surface area (Å²) in [6, 6.07) is 14.3. The van der Waals surface area contributed by atoms with Crippen LogP contribution < -0.4 is 20.7 Å². The molecule has 0 radical (unpaired) electrons. The van der Waals surface area contributed by atoms with Gasteiger partial charge in [-0.15, -0.1) is 0 Å². The predicted molar refractivity (Wildman–Crippen MR) is 90.9 cm³/mol. The molecule has 0 saturated heterocycles. The average molecular weight is 313 g/mol. The molecule has 6 heteroatoms. The molecule has 0 atom stereocenters. The van der Waals surface area contributed by atoms with Crippen molar-refractivity contribution in [2.24, 2.45) is 0 Å². The van der Waals surface area contributed by atoms with Crippen molar-refractivity contribution in [3.05, 3.63) is 48.5 Å². The Hall–Kier alpha value is -3.02. The van der Waals surface area contributed by atoms with Gasteiger partial charge in [-0.05, 0) is 36.4 Å². The highest BCUT2D eigenvalue weighted by Crippen LogP contribution is 2.17. The maximum absolute atomic E-state index is 11.9. The fourth-order valence-electron chi connectivity index (χ4n) is 1.96. The van der Waals surface area contributed by atoms with Crippen LogP contribution in [-0.2, 0) is 9.59 Å². The smallest absolute Gasteiger partial charge is 0.243 e. The highest BCUT2D eigenvalue weighted by atomic mass is 16.5. The SMILES string of the molecule is COc1cccc(NC(=O)CNc2ccc(NC(C)=O)cc2)c1. The fraction of sp³-hybridized carbons (Fsp3) is 0.176. The maximum atomic E-state index is 11.9. The summed E-state index contributed by atoms with van der Waals surface area (Å²) in [4.78, 5) is 22.9. The lowest BCUT2D eigenvalue weighted by Crippen LogP contribution is -2.21. The van der Waals surface area contributed by atoms with E-state index in [1.54, 1.807) is 43.5 Å². The standard InChI is InChI=1S/C17H19N3O3/c1-12(21)19-14-8-6-13(7-9-14)18-11-17(22)20-15-4-3-5-16(10-15)23-2/h3-10,18H,11H2,1-2H3,(H,19,21)(H,20,22). The molecule has 0 bridgehead atoms. The van der Waals surface area contributed by atoms with E-state index in [0.29, 0.717) is 17.1 Å². The number of benzene rings is 2. The molecular formula is C17H19N3O3. The summed E-state index contributed by atoms with van der Waals surface area (Å²) in [5.41, 5.74) is 2.18. The van der Waals surface area contributed by atoms with E-state index in [4.69, 9.17) is 4.74 Å². The van der Waals surface area contributed by atoms with Gasteiger partial charge in [-0.2, -0.15) is 0 Å². The molecule has 2 aromatic rings. The molecular weight excluding hydrogens is 294 g/mol. The highest BCUT2D eigenvalue weighted by molar-refractivity contribution is 5.94. The summed E-state index contributed by atoms with van der Waals surface area (Å²) in [7, 11) is 1.58. The molecule has 0 unspecified atom stereocenters. The number of carbonyl (C=O) groups excluding carboxylic acids is 2. The van der Waals surface area contributed by atoms with Crippen LogP contribution in [-0.4, -0.2) is 25.5 Å². The van der Waals surface area contributed by atoms with Gasteiger partial charge in [0.15, 0.2) is 0 Å². The van der Waals surface area contributed by atoms with Crippen LogP contribution in [0, 0.1) is 0 Å². The van der Waals surface area contributed by atoms with E-state index >= 15 is 0 Å². The molecule has 120 valence electrons. The highest BCUT2D eigenvalue weighted by Gasteiger charge is 2.03. The number of hydrogen-bond donors (Lipinski definition) is 3. The summed E-state index contributed by atoms with van der Waals surface area (Å²) in [5, 5.41) is 8.49. The van der Waals surface area contributed by atoms with E-state index in [1.165, 1.54) is 6.92 Å². The number of anilines is 3. The summed E-state index contributed by atoms with van der Waals surface area (Å²) in [6.07, 6.45) is 0. The molecule has 0 aliphatic heterocycles. The Bertz CT molecular complexity index is 684. The first-order valence-electron chi connectivity index (χ1n) is 7.12. The molecule has 6 nitrogen and oxygen atoms in total. The van der Waals surface area contributed by atoms with Crippen molar-refractivity contribution in [2.75, 3.05) is 29.6 Å².